The Hall–Kier alpha value is -0.0800. The summed E-state index contributed by atoms with van der Waals surface area (Å²) in [4.78, 5) is 0. The van der Waals surface area contributed by atoms with Crippen LogP contribution in [0.3, 0.4) is 0 Å². The fourth-order valence-corrected chi connectivity index (χ4v) is 0.754. The fourth-order valence-electron chi connectivity index (χ4n) is 0.754. The summed E-state index contributed by atoms with van der Waals surface area (Å²) in [6.07, 6.45) is 0.906. The van der Waals surface area contributed by atoms with E-state index < -0.39 is 0 Å². The van der Waals surface area contributed by atoms with Crippen molar-refractivity contribution in [3.63, 3.8) is 0 Å². The first kappa shape index (κ1) is 9.92. The number of hydrogen-bond acceptors (Lipinski definition) is 2. The summed E-state index contributed by atoms with van der Waals surface area (Å²) < 4.78 is 0. The lowest BCUT2D eigenvalue weighted by Gasteiger charge is -2.28. The van der Waals surface area contributed by atoms with Crippen LogP contribution in [0.15, 0.2) is 0 Å². The van der Waals surface area contributed by atoms with Crippen LogP contribution in [0.5, 0.6) is 0 Å². The molecule has 2 heteroatoms. The standard InChI is InChI=1S/C8H20N2/c1-6(9)5-7(10)8(2,3)4/h6-7H,5,9-10H2,1-4H3. The van der Waals surface area contributed by atoms with E-state index in [2.05, 4.69) is 20.8 Å². The van der Waals surface area contributed by atoms with Crippen LogP contribution >= 0.6 is 0 Å². The van der Waals surface area contributed by atoms with Crippen molar-refractivity contribution in [3.05, 3.63) is 0 Å². The molecule has 0 saturated heterocycles. The molecule has 10 heavy (non-hydrogen) atoms. The predicted molar refractivity (Wildman–Crippen MR) is 45.7 cm³/mol. The summed E-state index contributed by atoms with van der Waals surface area (Å²) in [5.74, 6) is 0. The average Bonchev–Trinajstić information content (AvgIpc) is 1.60. The molecule has 0 aromatic carbocycles. The molecule has 0 radical (unpaired) electrons. The maximum atomic E-state index is 5.87. The van der Waals surface area contributed by atoms with E-state index in [4.69, 9.17) is 11.5 Å². The molecule has 0 rings (SSSR count). The van der Waals surface area contributed by atoms with Gasteiger partial charge in [-0.15, -0.1) is 0 Å². The quantitative estimate of drug-likeness (QED) is 0.609. The minimum absolute atomic E-state index is 0.188. The van der Waals surface area contributed by atoms with Crippen molar-refractivity contribution in [1.82, 2.24) is 0 Å². The highest BCUT2D eigenvalue weighted by molar-refractivity contribution is 4.79. The Morgan fingerprint density at radius 2 is 1.60 bits per heavy atom. The highest BCUT2D eigenvalue weighted by Gasteiger charge is 2.20. The van der Waals surface area contributed by atoms with Crippen LogP contribution in [0.4, 0.5) is 0 Å². The van der Waals surface area contributed by atoms with Crippen molar-refractivity contribution in [2.24, 2.45) is 16.9 Å². The van der Waals surface area contributed by atoms with Crippen molar-refractivity contribution >= 4 is 0 Å². The van der Waals surface area contributed by atoms with Crippen molar-refractivity contribution in [3.8, 4) is 0 Å². The van der Waals surface area contributed by atoms with Crippen LogP contribution in [0.1, 0.15) is 34.1 Å². The summed E-state index contributed by atoms with van der Waals surface area (Å²) in [6.45, 7) is 8.41. The van der Waals surface area contributed by atoms with Crippen molar-refractivity contribution in [2.75, 3.05) is 0 Å². The van der Waals surface area contributed by atoms with Crippen molar-refractivity contribution in [1.29, 1.82) is 0 Å². The van der Waals surface area contributed by atoms with Crippen LogP contribution in [0, 0.1) is 5.41 Å². The third kappa shape index (κ3) is 3.85. The fraction of sp³-hybridized carbons (Fsp3) is 1.00. The van der Waals surface area contributed by atoms with Gasteiger partial charge in [0.15, 0.2) is 0 Å². The van der Waals surface area contributed by atoms with E-state index in [0.717, 1.165) is 6.42 Å². The molecule has 0 aromatic heterocycles. The van der Waals surface area contributed by atoms with Gasteiger partial charge in [0, 0.05) is 12.1 Å². The van der Waals surface area contributed by atoms with Crippen LogP contribution in [0.2, 0.25) is 0 Å². The lowest BCUT2D eigenvalue weighted by Crippen LogP contribution is -2.39. The van der Waals surface area contributed by atoms with Crippen LogP contribution in [-0.2, 0) is 0 Å². The molecule has 2 unspecified atom stereocenters. The largest absolute Gasteiger partial charge is 0.328 e. The second-order valence-corrected chi connectivity index (χ2v) is 4.19. The molecule has 0 aliphatic carbocycles. The zero-order valence-electron chi connectivity index (χ0n) is 7.52. The molecule has 2 atom stereocenters. The smallest absolute Gasteiger partial charge is 0.0102 e. The Morgan fingerprint density at radius 1 is 1.20 bits per heavy atom. The molecule has 62 valence electrons. The maximum Gasteiger partial charge on any atom is 0.0102 e. The molecule has 0 heterocycles. The Morgan fingerprint density at radius 3 is 1.70 bits per heavy atom. The van der Waals surface area contributed by atoms with Gasteiger partial charge in [0.2, 0.25) is 0 Å². The Kier molecular flexibility index (Phi) is 3.33. The topological polar surface area (TPSA) is 52.0 Å². The van der Waals surface area contributed by atoms with E-state index in [0.29, 0.717) is 0 Å². The van der Waals surface area contributed by atoms with E-state index in [1.165, 1.54) is 0 Å². The van der Waals surface area contributed by atoms with Gasteiger partial charge in [-0.05, 0) is 18.8 Å². The van der Waals surface area contributed by atoms with Gasteiger partial charge in [-0.2, -0.15) is 0 Å². The zero-order valence-corrected chi connectivity index (χ0v) is 7.52. The molecule has 0 aliphatic rings. The lowest BCUT2D eigenvalue weighted by molar-refractivity contribution is 0.294. The maximum absolute atomic E-state index is 5.87. The lowest BCUT2D eigenvalue weighted by atomic mass is 9.84. The van der Waals surface area contributed by atoms with Gasteiger partial charge in [-0.25, -0.2) is 0 Å². The van der Waals surface area contributed by atoms with E-state index in [1.807, 2.05) is 6.92 Å². The summed E-state index contributed by atoms with van der Waals surface area (Å²) in [5, 5.41) is 0. The zero-order chi connectivity index (χ0) is 8.36. The Bertz CT molecular complexity index is 91.9. The summed E-state index contributed by atoms with van der Waals surface area (Å²) >= 11 is 0. The van der Waals surface area contributed by atoms with E-state index in [-0.39, 0.29) is 17.5 Å². The monoisotopic (exact) mass is 144 g/mol. The van der Waals surface area contributed by atoms with Gasteiger partial charge in [0.05, 0.1) is 0 Å². The number of nitrogens with two attached hydrogens (primary N) is 2. The summed E-state index contributed by atoms with van der Waals surface area (Å²) in [5.41, 5.74) is 11.7. The third-order valence-electron chi connectivity index (χ3n) is 1.74. The van der Waals surface area contributed by atoms with Gasteiger partial charge >= 0.3 is 0 Å². The predicted octanol–water partition coefficient (Wildman–Crippen LogP) is 1.10. The molecule has 2 nitrogen and oxygen atoms in total. The first-order valence-corrected chi connectivity index (χ1v) is 3.85. The van der Waals surface area contributed by atoms with Crippen molar-refractivity contribution in [2.45, 2.75) is 46.2 Å². The Labute approximate surface area is 64.0 Å². The average molecular weight is 144 g/mol. The molecule has 4 N–H and O–H groups in total. The normalized spacial score (nSPS) is 18.6. The molecule has 0 spiro atoms. The highest BCUT2D eigenvalue weighted by atomic mass is 14.7. The van der Waals surface area contributed by atoms with Gasteiger partial charge in [-0.3, -0.25) is 0 Å². The Balaban J connectivity index is 3.73. The second-order valence-electron chi connectivity index (χ2n) is 4.19. The SMILES string of the molecule is CC(N)CC(N)C(C)(C)C. The highest BCUT2D eigenvalue weighted by Crippen LogP contribution is 2.19. The van der Waals surface area contributed by atoms with E-state index >= 15 is 0 Å². The second kappa shape index (κ2) is 3.35. The molecule has 0 saturated carbocycles. The first-order chi connectivity index (χ1) is 4.34. The van der Waals surface area contributed by atoms with Crippen LogP contribution in [0.25, 0.3) is 0 Å². The van der Waals surface area contributed by atoms with E-state index in [1.54, 1.807) is 0 Å². The third-order valence-corrected chi connectivity index (χ3v) is 1.74. The van der Waals surface area contributed by atoms with E-state index in [9.17, 15) is 0 Å². The van der Waals surface area contributed by atoms with Crippen molar-refractivity contribution < 1.29 is 0 Å². The molecule has 0 fully saturated rings. The first-order valence-electron chi connectivity index (χ1n) is 3.85. The number of rotatable bonds is 2. The molecule has 0 bridgehead atoms. The van der Waals surface area contributed by atoms with Gasteiger partial charge in [0.25, 0.3) is 0 Å². The van der Waals surface area contributed by atoms with Crippen LogP contribution in [-0.4, -0.2) is 12.1 Å². The van der Waals surface area contributed by atoms with Gasteiger partial charge in [-0.1, -0.05) is 20.8 Å². The molecular formula is C8H20N2. The molecular weight excluding hydrogens is 124 g/mol. The van der Waals surface area contributed by atoms with Gasteiger partial charge in [0.1, 0.15) is 0 Å². The molecule has 0 amide bonds. The summed E-state index contributed by atoms with van der Waals surface area (Å²) in [6, 6.07) is 0.432. The minimum atomic E-state index is 0.188. The number of hydrogen-bond donors (Lipinski definition) is 2. The minimum Gasteiger partial charge on any atom is -0.328 e. The van der Waals surface area contributed by atoms with Crippen LogP contribution < -0.4 is 11.5 Å². The summed E-state index contributed by atoms with van der Waals surface area (Å²) in [7, 11) is 0. The molecule has 0 aliphatic heterocycles. The van der Waals surface area contributed by atoms with Gasteiger partial charge < -0.3 is 11.5 Å². The molecule has 0 aromatic rings.